The van der Waals surface area contributed by atoms with E-state index in [1.54, 1.807) is 35.9 Å². The van der Waals surface area contributed by atoms with Gasteiger partial charge in [0.1, 0.15) is 17.3 Å². The molecule has 0 aliphatic carbocycles. The van der Waals surface area contributed by atoms with E-state index < -0.39 is 11.9 Å². The molecule has 4 rings (SSSR count). The molecular formula is C22H18FN3O4S. The van der Waals surface area contributed by atoms with Gasteiger partial charge in [-0.15, -0.1) is 0 Å². The highest BCUT2D eigenvalue weighted by molar-refractivity contribution is 7.19. The van der Waals surface area contributed by atoms with Crippen LogP contribution in [0.4, 0.5) is 9.52 Å². The average Bonchev–Trinajstić information content (AvgIpc) is 3.34. The fourth-order valence-corrected chi connectivity index (χ4v) is 4.30. The number of amides is 1. The maximum atomic E-state index is 13.5. The zero-order valence-corrected chi connectivity index (χ0v) is 17.7. The van der Waals surface area contributed by atoms with Gasteiger partial charge in [-0.25, -0.2) is 14.2 Å². The molecule has 0 fully saturated rings. The molecule has 4 aromatic rings. The molecule has 0 spiro atoms. The zero-order chi connectivity index (χ0) is 22.1. The van der Waals surface area contributed by atoms with Crippen LogP contribution in [0.15, 0.2) is 48.5 Å². The largest absolute Gasteiger partial charge is 0.496 e. The molecule has 2 aromatic carbocycles. The van der Waals surface area contributed by atoms with E-state index in [1.165, 1.54) is 26.4 Å². The van der Waals surface area contributed by atoms with Gasteiger partial charge in [0.25, 0.3) is 5.91 Å². The Balaban J connectivity index is 1.72. The number of nitrogens with one attached hydrogen (secondary N) is 1. The van der Waals surface area contributed by atoms with E-state index >= 15 is 0 Å². The molecule has 0 radical (unpaired) electrons. The zero-order valence-electron chi connectivity index (χ0n) is 16.9. The molecule has 0 unspecified atom stereocenters. The summed E-state index contributed by atoms with van der Waals surface area (Å²) in [4.78, 5) is 30.0. The third-order valence-electron chi connectivity index (χ3n) is 4.82. The van der Waals surface area contributed by atoms with Crippen molar-refractivity contribution in [1.29, 1.82) is 0 Å². The second-order valence-corrected chi connectivity index (χ2v) is 7.63. The number of hydrogen-bond donors (Lipinski definition) is 1. The third-order valence-corrected chi connectivity index (χ3v) is 5.82. The van der Waals surface area contributed by atoms with Crippen LogP contribution < -0.4 is 10.1 Å². The first-order valence-electron chi connectivity index (χ1n) is 9.21. The number of carbonyl (C=O) groups is 2. The summed E-state index contributed by atoms with van der Waals surface area (Å²) in [6.07, 6.45) is 0. The number of nitrogens with zero attached hydrogens (tertiary/aromatic N) is 2. The van der Waals surface area contributed by atoms with Crippen molar-refractivity contribution in [3.05, 3.63) is 65.7 Å². The van der Waals surface area contributed by atoms with E-state index in [1.807, 2.05) is 12.1 Å². The van der Waals surface area contributed by atoms with Crippen molar-refractivity contribution in [2.24, 2.45) is 7.05 Å². The van der Waals surface area contributed by atoms with Gasteiger partial charge in [-0.05, 0) is 36.4 Å². The van der Waals surface area contributed by atoms with Crippen molar-refractivity contribution < 1.29 is 23.5 Å². The number of aromatic nitrogens is 2. The van der Waals surface area contributed by atoms with E-state index in [2.05, 4.69) is 10.3 Å². The number of para-hydroxylation sites is 1. The Labute approximate surface area is 181 Å². The fourth-order valence-electron chi connectivity index (χ4n) is 3.32. The first kappa shape index (κ1) is 20.5. The van der Waals surface area contributed by atoms with Crippen LogP contribution in [-0.4, -0.2) is 35.6 Å². The molecule has 1 N–H and O–H groups in total. The van der Waals surface area contributed by atoms with Crippen molar-refractivity contribution in [2.75, 3.05) is 19.5 Å². The van der Waals surface area contributed by atoms with Gasteiger partial charge in [0, 0.05) is 23.5 Å². The van der Waals surface area contributed by atoms with Gasteiger partial charge < -0.3 is 14.0 Å². The summed E-state index contributed by atoms with van der Waals surface area (Å²) in [7, 11) is 4.51. The number of esters is 1. The molecule has 0 aliphatic heterocycles. The second-order valence-electron chi connectivity index (χ2n) is 6.63. The Hall–Kier alpha value is -3.72. The Morgan fingerprint density at radius 3 is 2.65 bits per heavy atom. The van der Waals surface area contributed by atoms with Crippen LogP contribution in [0.5, 0.6) is 5.75 Å². The van der Waals surface area contributed by atoms with Crippen LogP contribution in [0.25, 0.3) is 21.3 Å². The van der Waals surface area contributed by atoms with Gasteiger partial charge in [-0.1, -0.05) is 23.5 Å². The number of anilines is 1. The number of hydrogen-bond acceptors (Lipinski definition) is 6. The van der Waals surface area contributed by atoms with Crippen molar-refractivity contribution in [3.8, 4) is 16.2 Å². The summed E-state index contributed by atoms with van der Waals surface area (Å²) < 4.78 is 25.4. The number of thiazole rings is 1. The maximum absolute atomic E-state index is 13.5. The number of fused-ring (bicyclic) bond motifs is 1. The minimum Gasteiger partial charge on any atom is -0.496 e. The maximum Gasteiger partial charge on any atom is 0.358 e. The van der Waals surface area contributed by atoms with Gasteiger partial charge in [-0.3, -0.25) is 10.1 Å². The van der Waals surface area contributed by atoms with Crippen LogP contribution in [0.1, 0.15) is 21.0 Å². The van der Waals surface area contributed by atoms with Gasteiger partial charge >= 0.3 is 5.97 Å². The highest BCUT2D eigenvalue weighted by Crippen LogP contribution is 2.38. The van der Waals surface area contributed by atoms with E-state index in [0.717, 1.165) is 16.9 Å². The average molecular weight is 439 g/mol. The highest BCUT2D eigenvalue weighted by Gasteiger charge is 2.24. The normalized spacial score (nSPS) is 10.8. The molecule has 158 valence electrons. The van der Waals surface area contributed by atoms with Crippen molar-refractivity contribution in [3.63, 3.8) is 0 Å². The van der Waals surface area contributed by atoms with Crippen molar-refractivity contribution in [2.45, 2.75) is 0 Å². The number of rotatable bonds is 5. The van der Waals surface area contributed by atoms with Crippen LogP contribution in [-0.2, 0) is 11.8 Å². The molecule has 2 aromatic heterocycles. The molecule has 7 nitrogen and oxygen atoms in total. The lowest BCUT2D eigenvalue weighted by atomic mass is 10.1. The predicted molar refractivity (Wildman–Crippen MR) is 116 cm³/mol. The molecule has 0 saturated heterocycles. The number of halogens is 1. The van der Waals surface area contributed by atoms with Gasteiger partial charge in [0.05, 0.1) is 19.1 Å². The Bertz CT molecular complexity index is 1310. The molecule has 9 heteroatoms. The molecule has 2 heterocycles. The number of ether oxygens (including phenoxy) is 2. The molecule has 0 bridgehead atoms. The van der Waals surface area contributed by atoms with Crippen molar-refractivity contribution >= 4 is 39.2 Å². The summed E-state index contributed by atoms with van der Waals surface area (Å²) in [5.41, 5.74) is 1.78. The van der Waals surface area contributed by atoms with Crippen LogP contribution >= 0.6 is 11.3 Å². The standard InChI is InChI=1S/C22H18FN3O4S/c1-26-15-9-8-13(23)10-12(15)11-16(26)20(27)25-22-24-18(21(28)30-3)19(31-22)14-6-4-5-7-17(14)29-2/h4-11H,1-3H3,(H,24,25,27). The minimum absolute atomic E-state index is 0.0754. The van der Waals surface area contributed by atoms with Crippen LogP contribution in [0, 0.1) is 5.82 Å². The summed E-state index contributed by atoms with van der Waals surface area (Å²) in [5, 5.41) is 3.56. The van der Waals surface area contributed by atoms with Crippen LogP contribution in [0.3, 0.4) is 0 Å². The van der Waals surface area contributed by atoms with Gasteiger partial charge in [0.2, 0.25) is 0 Å². The first-order valence-corrected chi connectivity index (χ1v) is 10.0. The third kappa shape index (κ3) is 3.75. The van der Waals surface area contributed by atoms with E-state index in [4.69, 9.17) is 9.47 Å². The lowest BCUT2D eigenvalue weighted by Gasteiger charge is -2.07. The molecule has 0 saturated carbocycles. The smallest absolute Gasteiger partial charge is 0.358 e. The molecule has 1 amide bonds. The topological polar surface area (TPSA) is 82.5 Å². The summed E-state index contributed by atoms with van der Waals surface area (Å²) in [5.74, 6) is -0.882. The van der Waals surface area contributed by atoms with E-state index in [9.17, 15) is 14.0 Å². The van der Waals surface area contributed by atoms with Gasteiger partial charge in [-0.2, -0.15) is 0 Å². The molecule has 31 heavy (non-hydrogen) atoms. The monoisotopic (exact) mass is 439 g/mol. The quantitative estimate of drug-likeness (QED) is 0.464. The lowest BCUT2D eigenvalue weighted by Crippen LogP contribution is -2.15. The first-order chi connectivity index (χ1) is 14.9. The highest BCUT2D eigenvalue weighted by atomic mass is 32.1. The van der Waals surface area contributed by atoms with Gasteiger partial charge in [0.15, 0.2) is 10.8 Å². The van der Waals surface area contributed by atoms with E-state index in [-0.39, 0.29) is 16.6 Å². The molecule has 0 atom stereocenters. The number of aryl methyl sites for hydroxylation is 1. The summed E-state index contributed by atoms with van der Waals surface area (Å²) >= 11 is 1.13. The second kappa shape index (κ2) is 8.19. The Kier molecular flexibility index (Phi) is 5.43. The SMILES string of the molecule is COC(=O)c1nc(NC(=O)c2cc3cc(F)ccc3n2C)sc1-c1ccccc1OC. The van der Waals surface area contributed by atoms with Crippen molar-refractivity contribution in [1.82, 2.24) is 9.55 Å². The number of methoxy groups -OCH3 is 2. The molecular weight excluding hydrogens is 421 g/mol. The summed E-state index contributed by atoms with van der Waals surface area (Å²) in [6.45, 7) is 0. The Morgan fingerprint density at radius 2 is 1.90 bits per heavy atom. The Morgan fingerprint density at radius 1 is 1.13 bits per heavy atom. The predicted octanol–water partition coefficient (Wildman–Crippen LogP) is 4.49. The number of benzene rings is 2. The summed E-state index contributed by atoms with van der Waals surface area (Å²) in [6, 6.07) is 13.1. The minimum atomic E-state index is -0.627. The number of carbonyl (C=O) groups excluding carboxylic acids is 2. The lowest BCUT2D eigenvalue weighted by molar-refractivity contribution is 0.0595. The van der Waals surface area contributed by atoms with E-state index in [0.29, 0.717) is 27.3 Å². The fraction of sp³-hybridized carbons (Fsp3) is 0.136. The van der Waals surface area contributed by atoms with Crippen LogP contribution in [0.2, 0.25) is 0 Å². The molecule has 0 aliphatic rings.